The smallest absolute Gasteiger partial charge is 0.262 e. The van der Waals surface area contributed by atoms with Crippen molar-refractivity contribution in [3.63, 3.8) is 0 Å². The Labute approximate surface area is 121 Å². The molecule has 0 aromatic heterocycles. The fourth-order valence-electron chi connectivity index (χ4n) is 2.04. The summed E-state index contributed by atoms with van der Waals surface area (Å²) in [5.74, 6) is -2.74. The lowest BCUT2D eigenvalue weighted by Crippen LogP contribution is -2.32. The lowest BCUT2D eigenvalue weighted by molar-refractivity contribution is -0.117. The first kappa shape index (κ1) is 15.1. The number of rotatable bonds is 4. The molecule has 1 aromatic rings. The highest BCUT2D eigenvalue weighted by Gasteiger charge is 2.18. The Morgan fingerprint density at radius 1 is 1.52 bits per heavy atom. The minimum atomic E-state index is -1.09. The van der Waals surface area contributed by atoms with Gasteiger partial charge in [0.2, 0.25) is 0 Å². The van der Waals surface area contributed by atoms with Crippen LogP contribution < -0.4 is 5.32 Å². The molecule has 1 N–H and O–H groups in total. The number of hydrogen-bond donors (Lipinski definition) is 1. The molecule has 1 fully saturated rings. The number of nitrogens with one attached hydrogen (secondary N) is 1. The minimum Gasteiger partial charge on any atom is -0.376 e. The van der Waals surface area contributed by atoms with Crippen molar-refractivity contribution in [2.24, 2.45) is 0 Å². The second-order valence-electron chi connectivity index (χ2n) is 4.66. The fraction of sp³-hybridized carbons (Fsp3) is 0.333. The number of ether oxygens (including phenoxy) is 1. The SMILES string of the molecule is N#CC(=Cc1cccc(F)c1F)C(=O)NCC1CCCO1. The molecule has 1 aromatic carbocycles. The van der Waals surface area contributed by atoms with E-state index in [4.69, 9.17) is 10.00 Å². The van der Waals surface area contributed by atoms with Crippen LogP contribution in [0.3, 0.4) is 0 Å². The molecule has 1 amide bonds. The normalized spacial score (nSPS) is 18.3. The molecule has 2 rings (SSSR count). The van der Waals surface area contributed by atoms with E-state index in [1.54, 1.807) is 6.07 Å². The number of nitriles is 1. The largest absolute Gasteiger partial charge is 0.376 e. The molecule has 1 aliphatic heterocycles. The van der Waals surface area contributed by atoms with Gasteiger partial charge in [0, 0.05) is 18.7 Å². The van der Waals surface area contributed by atoms with Crippen LogP contribution in [-0.4, -0.2) is 25.2 Å². The van der Waals surface area contributed by atoms with Crippen LogP contribution in [0.25, 0.3) is 6.08 Å². The third kappa shape index (κ3) is 3.86. The number of carbonyl (C=O) groups excluding carboxylic acids is 1. The number of amides is 1. The van der Waals surface area contributed by atoms with Crippen LogP contribution in [-0.2, 0) is 9.53 Å². The quantitative estimate of drug-likeness (QED) is 0.683. The number of benzene rings is 1. The Morgan fingerprint density at radius 3 is 3.00 bits per heavy atom. The van der Waals surface area contributed by atoms with Crippen molar-refractivity contribution in [1.29, 1.82) is 5.26 Å². The van der Waals surface area contributed by atoms with Crippen LogP contribution in [0.4, 0.5) is 8.78 Å². The van der Waals surface area contributed by atoms with Gasteiger partial charge in [0.05, 0.1) is 6.10 Å². The Hall–Kier alpha value is -2.26. The summed E-state index contributed by atoms with van der Waals surface area (Å²) in [7, 11) is 0. The second-order valence-corrected chi connectivity index (χ2v) is 4.66. The molecule has 0 radical (unpaired) electrons. The van der Waals surface area contributed by atoms with Crippen molar-refractivity contribution in [3.8, 4) is 6.07 Å². The van der Waals surface area contributed by atoms with Gasteiger partial charge in [0.1, 0.15) is 11.6 Å². The van der Waals surface area contributed by atoms with E-state index in [1.807, 2.05) is 0 Å². The van der Waals surface area contributed by atoms with E-state index in [2.05, 4.69) is 5.32 Å². The Bertz CT molecular complexity index is 602. The monoisotopic (exact) mass is 292 g/mol. The molecule has 1 unspecified atom stereocenters. The van der Waals surface area contributed by atoms with Crippen LogP contribution in [0.5, 0.6) is 0 Å². The zero-order chi connectivity index (χ0) is 15.2. The summed E-state index contributed by atoms with van der Waals surface area (Å²) in [6.45, 7) is 0.958. The van der Waals surface area contributed by atoms with Crippen molar-refractivity contribution in [2.45, 2.75) is 18.9 Å². The van der Waals surface area contributed by atoms with Crippen molar-refractivity contribution >= 4 is 12.0 Å². The summed E-state index contributed by atoms with van der Waals surface area (Å²) in [4.78, 5) is 11.9. The van der Waals surface area contributed by atoms with E-state index in [1.165, 1.54) is 12.1 Å². The van der Waals surface area contributed by atoms with Crippen LogP contribution in [0.2, 0.25) is 0 Å². The van der Waals surface area contributed by atoms with Crippen molar-refractivity contribution in [3.05, 3.63) is 41.0 Å². The van der Waals surface area contributed by atoms with Gasteiger partial charge in [0.15, 0.2) is 11.6 Å². The lowest BCUT2D eigenvalue weighted by atomic mass is 10.1. The van der Waals surface area contributed by atoms with Crippen LogP contribution in [0.1, 0.15) is 18.4 Å². The zero-order valence-corrected chi connectivity index (χ0v) is 11.2. The molecule has 1 saturated heterocycles. The molecule has 0 saturated carbocycles. The molecular formula is C15H14F2N2O2. The van der Waals surface area contributed by atoms with Crippen LogP contribution in [0, 0.1) is 23.0 Å². The number of carbonyl (C=O) groups is 1. The molecule has 1 aliphatic rings. The molecule has 110 valence electrons. The van der Waals surface area contributed by atoms with E-state index in [-0.39, 0.29) is 17.2 Å². The molecule has 4 nitrogen and oxygen atoms in total. The average Bonchev–Trinajstić information content (AvgIpc) is 2.99. The summed E-state index contributed by atoms with van der Waals surface area (Å²) in [6.07, 6.45) is 2.77. The predicted octanol–water partition coefficient (Wildman–Crippen LogP) is 2.17. The summed E-state index contributed by atoms with van der Waals surface area (Å²) in [6, 6.07) is 5.26. The van der Waals surface area contributed by atoms with E-state index < -0.39 is 17.5 Å². The van der Waals surface area contributed by atoms with Gasteiger partial charge in [-0.25, -0.2) is 8.78 Å². The minimum absolute atomic E-state index is 0.0557. The highest BCUT2D eigenvalue weighted by atomic mass is 19.2. The second kappa shape index (κ2) is 6.95. The van der Waals surface area contributed by atoms with Crippen molar-refractivity contribution in [2.75, 3.05) is 13.2 Å². The summed E-state index contributed by atoms with van der Waals surface area (Å²) in [5.41, 5.74) is -0.420. The first-order valence-corrected chi connectivity index (χ1v) is 6.57. The van der Waals surface area contributed by atoms with Gasteiger partial charge in [-0.15, -0.1) is 0 Å². The van der Waals surface area contributed by atoms with E-state index >= 15 is 0 Å². The van der Waals surface area contributed by atoms with Gasteiger partial charge in [-0.3, -0.25) is 4.79 Å². The predicted molar refractivity (Wildman–Crippen MR) is 71.9 cm³/mol. The molecule has 0 spiro atoms. The van der Waals surface area contributed by atoms with Gasteiger partial charge >= 0.3 is 0 Å². The molecule has 21 heavy (non-hydrogen) atoms. The zero-order valence-electron chi connectivity index (χ0n) is 11.2. The molecule has 1 heterocycles. The van der Waals surface area contributed by atoms with Crippen molar-refractivity contribution in [1.82, 2.24) is 5.32 Å². The maximum atomic E-state index is 13.5. The van der Waals surface area contributed by atoms with E-state index in [0.29, 0.717) is 13.2 Å². The first-order chi connectivity index (χ1) is 10.1. The maximum absolute atomic E-state index is 13.5. The fourth-order valence-corrected chi connectivity index (χ4v) is 2.04. The topological polar surface area (TPSA) is 62.1 Å². The standard InChI is InChI=1S/C15H14F2N2O2/c16-13-5-1-3-10(14(13)17)7-11(8-18)15(20)19-9-12-4-2-6-21-12/h1,3,5,7,12H,2,4,6,9H2,(H,19,20). The number of hydrogen-bond acceptors (Lipinski definition) is 3. The number of nitrogens with zero attached hydrogens (tertiary/aromatic N) is 1. The molecule has 0 aliphatic carbocycles. The van der Waals surface area contributed by atoms with Crippen molar-refractivity contribution < 1.29 is 18.3 Å². The van der Waals surface area contributed by atoms with Gasteiger partial charge in [-0.05, 0) is 25.0 Å². The highest BCUT2D eigenvalue weighted by Crippen LogP contribution is 2.15. The van der Waals surface area contributed by atoms with E-state index in [9.17, 15) is 13.6 Å². The van der Waals surface area contributed by atoms with Gasteiger partial charge in [-0.2, -0.15) is 5.26 Å². The Kier molecular flexibility index (Phi) is 5.01. The molecule has 1 atom stereocenters. The van der Waals surface area contributed by atoms with Gasteiger partial charge in [-0.1, -0.05) is 12.1 Å². The first-order valence-electron chi connectivity index (χ1n) is 6.57. The maximum Gasteiger partial charge on any atom is 0.262 e. The molecule has 0 bridgehead atoms. The summed E-state index contributed by atoms with van der Waals surface area (Å²) in [5, 5.41) is 11.5. The number of halogens is 2. The average molecular weight is 292 g/mol. The highest BCUT2D eigenvalue weighted by molar-refractivity contribution is 6.01. The van der Waals surface area contributed by atoms with Gasteiger partial charge < -0.3 is 10.1 Å². The summed E-state index contributed by atoms with van der Waals surface area (Å²) >= 11 is 0. The van der Waals surface area contributed by atoms with E-state index in [0.717, 1.165) is 25.0 Å². The molecular weight excluding hydrogens is 278 g/mol. The van der Waals surface area contributed by atoms with Crippen LogP contribution in [0.15, 0.2) is 23.8 Å². The third-order valence-electron chi connectivity index (χ3n) is 3.16. The molecule has 6 heteroatoms. The Morgan fingerprint density at radius 2 is 2.33 bits per heavy atom. The van der Waals surface area contributed by atoms with Gasteiger partial charge in [0.25, 0.3) is 5.91 Å². The van der Waals surface area contributed by atoms with Crippen LogP contribution >= 0.6 is 0 Å². The Balaban J connectivity index is 2.07. The third-order valence-corrected chi connectivity index (χ3v) is 3.16. The summed E-state index contributed by atoms with van der Waals surface area (Å²) < 4.78 is 31.9. The lowest BCUT2D eigenvalue weighted by Gasteiger charge is -2.10.